The molecule has 0 radical (unpaired) electrons. The molecule has 1 saturated carbocycles. The van der Waals surface area contributed by atoms with Gasteiger partial charge in [-0.15, -0.1) is 0 Å². The molecule has 1 aliphatic carbocycles. The SMILES string of the molecule is N#CC1CCCC1NC(=O)[C@H]1Cc2ccccc2CN1. The average molecular weight is 269 g/mol. The fourth-order valence-corrected chi connectivity index (χ4v) is 3.21. The highest BCUT2D eigenvalue weighted by molar-refractivity contribution is 5.82. The monoisotopic (exact) mass is 269 g/mol. The van der Waals surface area contributed by atoms with Crippen molar-refractivity contribution in [2.24, 2.45) is 5.92 Å². The Morgan fingerprint density at radius 2 is 2.10 bits per heavy atom. The van der Waals surface area contributed by atoms with Crippen LogP contribution in [-0.4, -0.2) is 18.0 Å². The molecule has 3 atom stereocenters. The van der Waals surface area contributed by atoms with Gasteiger partial charge < -0.3 is 10.6 Å². The molecule has 1 fully saturated rings. The van der Waals surface area contributed by atoms with Crippen molar-refractivity contribution in [3.8, 4) is 6.07 Å². The van der Waals surface area contributed by atoms with Crippen LogP contribution in [0.15, 0.2) is 24.3 Å². The molecule has 1 aromatic carbocycles. The van der Waals surface area contributed by atoms with Gasteiger partial charge in [0.2, 0.25) is 5.91 Å². The minimum Gasteiger partial charge on any atom is -0.351 e. The van der Waals surface area contributed by atoms with Crippen molar-refractivity contribution in [3.63, 3.8) is 0 Å². The third-order valence-corrected chi connectivity index (χ3v) is 4.41. The van der Waals surface area contributed by atoms with Gasteiger partial charge >= 0.3 is 0 Å². The normalized spacial score (nSPS) is 28.4. The third kappa shape index (κ3) is 2.54. The van der Waals surface area contributed by atoms with Crippen molar-refractivity contribution in [2.45, 2.75) is 44.3 Å². The number of nitrogens with zero attached hydrogens (tertiary/aromatic N) is 1. The second kappa shape index (κ2) is 5.64. The first-order valence-electron chi connectivity index (χ1n) is 7.28. The van der Waals surface area contributed by atoms with Crippen molar-refractivity contribution in [1.29, 1.82) is 5.26 Å². The lowest BCUT2D eigenvalue weighted by Gasteiger charge is -2.27. The predicted octanol–water partition coefficient (Wildman–Crippen LogP) is 1.51. The van der Waals surface area contributed by atoms with Gasteiger partial charge in [-0.2, -0.15) is 5.26 Å². The molecule has 2 unspecified atom stereocenters. The highest BCUT2D eigenvalue weighted by Crippen LogP contribution is 2.25. The zero-order chi connectivity index (χ0) is 13.9. The number of carbonyl (C=O) groups excluding carboxylic acids is 1. The van der Waals surface area contributed by atoms with Crippen LogP contribution in [0, 0.1) is 17.2 Å². The molecule has 0 bridgehead atoms. The van der Waals surface area contributed by atoms with Crippen LogP contribution >= 0.6 is 0 Å². The molecule has 2 aliphatic rings. The van der Waals surface area contributed by atoms with E-state index in [4.69, 9.17) is 5.26 Å². The average Bonchev–Trinajstić information content (AvgIpc) is 2.94. The number of rotatable bonds is 2. The number of carbonyl (C=O) groups is 1. The van der Waals surface area contributed by atoms with Gasteiger partial charge in [0.05, 0.1) is 18.0 Å². The summed E-state index contributed by atoms with van der Waals surface area (Å²) >= 11 is 0. The molecule has 4 nitrogen and oxygen atoms in total. The summed E-state index contributed by atoms with van der Waals surface area (Å²) in [6.07, 6.45) is 3.59. The molecular formula is C16H19N3O. The first-order valence-corrected chi connectivity index (χ1v) is 7.28. The van der Waals surface area contributed by atoms with E-state index in [0.29, 0.717) is 0 Å². The van der Waals surface area contributed by atoms with Crippen LogP contribution < -0.4 is 10.6 Å². The Labute approximate surface area is 119 Å². The molecule has 4 heteroatoms. The van der Waals surface area contributed by atoms with Crippen LogP contribution in [0.4, 0.5) is 0 Å². The summed E-state index contributed by atoms with van der Waals surface area (Å²) in [4.78, 5) is 12.3. The van der Waals surface area contributed by atoms with Crippen LogP contribution in [-0.2, 0) is 17.8 Å². The van der Waals surface area contributed by atoms with Gasteiger partial charge in [0, 0.05) is 12.6 Å². The molecule has 1 aromatic rings. The largest absolute Gasteiger partial charge is 0.351 e. The lowest BCUT2D eigenvalue weighted by atomic mass is 9.95. The third-order valence-electron chi connectivity index (χ3n) is 4.41. The topological polar surface area (TPSA) is 64.9 Å². The summed E-state index contributed by atoms with van der Waals surface area (Å²) in [6.45, 7) is 0.737. The van der Waals surface area contributed by atoms with Crippen molar-refractivity contribution in [3.05, 3.63) is 35.4 Å². The molecule has 0 spiro atoms. The van der Waals surface area contributed by atoms with Gasteiger partial charge in [0.1, 0.15) is 0 Å². The summed E-state index contributed by atoms with van der Waals surface area (Å²) in [5.74, 6) is 0.0153. The molecule has 1 amide bonds. The maximum Gasteiger partial charge on any atom is 0.237 e. The first kappa shape index (κ1) is 13.1. The molecule has 1 aliphatic heterocycles. The zero-order valence-electron chi connectivity index (χ0n) is 11.4. The van der Waals surface area contributed by atoms with Crippen LogP contribution in [0.25, 0.3) is 0 Å². The van der Waals surface area contributed by atoms with Crippen LogP contribution in [0.5, 0.6) is 0 Å². The highest BCUT2D eigenvalue weighted by atomic mass is 16.2. The molecule has 0 aromatic heterocycles. The number of amides is 1. The van der Waals surface area contributed by atoms with E-state index < -0.39 is 0 Å². The van der Waals surface area contributed by atoms with Gasteiger partial charge in [-0.3, -0.25) is 4.79 Å². The highest BCUT2D eigenvalue weighted by Gasteiger charge is 2.31. The molecule has 20 heavy (non-hydrogen) atoms. The second-order valence-corrected chi connectivity index (χ2v) is 5.69. The van der Waals surface area contributed by atoms with E-state index in [1.165, 1.54) is 11.1 Å². The molecule has 1 heterocycles. The van der Waals surface area contributed by atoms with E-state index in [2.05, 4.69) is 28.8 Å². The minimum atomic E-state index is -0.176. The first-order chi connectivity index (χ1) is 9.78. The smallest absolute Gasteiger partial charge is 0.237 e. The van der Waals surface area contributed by atoms with Gasteiger partial charge in [-0.1, -0.05) is 24.3 Å². The van der Waals surface area contributed by atoms with E-state index >= 15 is 0 Å². The Morgan fingerprint density at radius 3 is 2.90 bits per heavy atom. The summed E-state index contributed by atoms with van der Waals surface area (Å²) in [5.41, 5.74) is 2.52. The standard InChI is InChI=1S/C16H19N3O/c17-9-12-6-3-7-14(12)19-16(20)15-8-11-4-1-2-5-13(11)10-18-15/h1-2,4-5,12,14-15,18H,3,6-8,10H2,(H,19,20)/t12?,14?,15-/m1/s1. The van der Waals surface area contributed by atoms with Gasteiger partial charge in [0.15, 0.2) is 0 Å². The van der Waals surface area contributed by atoms with Gasteiger partial charge in [-0.05, 0) is 36.8 Å². The number of nitriles is 1. The van der Waals surface area contributed by atoms with E-state index in [1.807, 2.05) is 12.1 Å². The summed E-state index contributed by atoms with van der Waals surface area (Å²) in [7, 11) is 0. The van der Waals surface area contributed by atoms with E-state index in [-0.39, 0.29) is 23.9 Å². The van der Waals surface area contributed by atoms with Gasteiger partial charge in [0.25, 0.3) is 0 Å². The lowest BCUT2D eigenvalue weighted by molar-refractivity contribution is -0.124. The Kier molecular flexibility index (Phi) is 3.70. The van der Waals surface area contributed by atoms with E-state index in [9.17, 15) is 4.79 Å². The Bertz CT molecular complexity index is 549. The second-order valence-electron chi connectivity index (χ2n) is 5.69. The summed E-state index contributed by atoms with van der Waals surface area (Å²) in [5, 5.41) is 15.4. The van der Waals surface area contributed by atoms with Crippen LogP contribution in [0.2, 0.25) is 0 Å². The zero-order valence-corrected chi connectivity index (χ0v) is 11.4. The molecule has 104 valence electrons. The molecular weight excluding hydrogens is 250 g/mol. The van der Waals surface area contributed by atoms with Crippen molar-refractivity contribution in [1.82, 2.24) is 10.6 Å². The molecule has 2 N–H and O–H groups in total. The summed E-state index contributed by atoms with van der Waals surface area (Å²) < 4.78 is 0. The number of fused-ring (bicyclic) bond motifs is 1. The number of nitrogens with one attached hydrogen (secondary N) is 2. The Hall–Kier alpha value is -1.86. The summed E-state index contributed by atoms with van der Waals surface area (Å²) in [6, 6.07) is 10.4. The number of hydrogen-bond donors (Lipinski definition) is 2. The van der Waals surface area contributed by atoms with E-state index in [1.54, 1.807) is 0 Å². The quantitative estimate of drug-likeness (QED) is 0.855. The maximum atomic E-state index is 12.3. The van der Waals surface area contributed by atoms with Crippen molar-refractivity contribution >= 4 is 5.91 Å². The Balaban J connectivity index is 1.63. The number of hydrogen-bond acceptors (Lipinski definition) is 3. The van der Waals surface area contributed by atoms with Crippen LogP contribution in [0.3, 0.4) is 0 Å². The lowest BCUT2D eigenvalue weighted by Crippen LogP contribution is -2.51. The predicted molar refractivity (Wildman–Crippen MR) is 75.7 cm³/mol. The maximum absolute atomic E-state index is 12.3. The number of benzene rings is 1. The molecule has 0 saturated heterocycles. The Morgan fingerprint density at radius 1 is 1.30 bits per heavy atom. The fraction of sp³-hybridized carbons (Fsp3) is 0.500. The van der Waals surface area contributed by atoms with E-state index in [0.717, 1.165) is 32.2 Å². The van der Waals surface area contributed by atoms with Crippen LogP contribution in [0.1, 0.15) is 30.4 Å². The minimum absolute atomic E-state index is 0.0187. The molecule has 3 rings (SSSR count). The van der Waals surface area contributed by atoms with Crippen molar-refractivity contribution < 1.29 is 4.79 Å². The fourth-order valence-electron chi connectivity index (χ4n) is 3.21. The van der Waals surface area contributed by atoms with Crippen molar-refractivity contribution in [2.75, 3.05) is 0 Å². The van der Waals surface area contributed by atoms with Gasteiger partial charge in [-0.25, -0.2) is 0 Å².